The van der Waals surface area contributed by atoms with Crippen LogP contribution in [0, 0.1) is 23.7 Å². The van der Waals surface area contributed by atoms with E-state index in [1.54, 1.807) is 26.8 Å². The van der Waals surface area contributed by atoms with Gasteiger partial charge in [-0.3, -0.25) is 24.0 Å². The number of ether oxygens (including phenoxy) is 2. The Bertz CT molecular complexity index is 973. The van der Waals surface area contributed by atoms with Crippen LogP contribution in [-0.4, -0.2) is 82.0 Å². The molecule has 0 rings (SSSR count). The van der Waals surface area contributed by atoms with Crippen LogP contribution < -0.4 is 0 Å². The van der Waals surface area contributed by atoms with Crippen LogP contribution in [0.1, 0.15) is 102 Å². The number of aliphatic carboxylic acids is 1. The number of amides is 2. The lowest BCUT2D eigenvalue weighted by molar-refractivity contribution is -0.159. The largest absolute Gasteiger partial charge is 0.480 e. The van der Waals surface area contributed by atoms with Gasteiger partial charge in [0.1, 0.15) is 24.3 Å². The van der Waals surface area contributed by atoms with E-state index in [-0.39, 0.29) is 66.7 Å². The fourth-order valence-electron chi connectivity index (χ4n) is 3.40. The van der Waals surface area contributed by atoms with Crippen LogP contribution in [-0.2, 0) is 33.4 Å². The van der Waals surface area contributed by atoms with Gasteiger partial charge >= 0.3 is 17.9 Å². The predicted molar refractivity (Wildman–Crippen MR) is 185 cm³/mol. The van der Waals surface area contributed by atoms with Gasteiger partial charge in [-0.25, -0.2) is 0 Å². The first-order valence-electron chi connectivity index (χ1n) is 16.0. The Labute approximate surface area is 279 Å². The summed E-state index contributed by atoms with van der Waals surface area (Å²) in [7, 11) is 0. The average molecular weight is 653 g/mol. The highest BCUT2D eigenvalue weighted by Gasteiger charge is 2.26. The Balaban J connectivity index is -0.000000620. The summed E-state index contributed by atoms with van der Waals surface area (Å²) in [5, 5.41) is 8.65. The van der Waals surface area contributed by atoms with Crippen molar-refractivity contribution in [2.24, 2.45) is 23.7 Å². The number of carbonyl (C=O) groups excluding carboxylic acids is 4. The van der Waals surface area contributed by atoms with Crippen molar-refractivity contribution in [3.8, 4) is 0 Å². The van der Waals surface area contributed by atoms with E-state index in [0.29, 0.717) is 13.0 Å². The molecule has 10 nitrogen and oxygen atoms in total. The van der Waals surface area contributed by atoms with Crippen LogP contribution in [0.25, 0.3) is 0 Å². The van der Waals surface area contributed by atoms with E-state index in [1.165, 1.54) is 15.9 Å². The van der Waals surface area contributed by atoms with Crippen molar-refractivity contribution in [3.05, 3.63) is 38.0 Å². The smallest absolute Gasteiger partial charge is 0.326 e. The van der Waals surface area contributed by atoms with Crippen molar-refractivity contribution in [1.82, 2.24) is 9.80 Å². The van der Waals surface area contributed by atoms with Gasteiger partial charge in [-0.1, -0.05) is 59.8 Å². The van der Waals surface area contributed by atoms with Gasteiger partial charge < -0.3 is 24.4 Å². The quantitative estimate of drug-likeness (QED) is 0.111. The number of hydrogen-bond donors (Lipinski definition) is 1. The van der Waals surface area contributed by atoms with E-state index in [4.69, 9.17) is 14.6 Å². The lowest BCUT2D eigenvalue weighted by atomic mass is 9.96. The summed E-state index contributed by atoms with van der Waals surface area (Å²) in [4.78, 5) is 60.3. The molecule has 0 unspecified atom stereocenters. The van der Waals surface area contributed by atoms with E-state index in [9.17, 15) is 24.0 Å². The molecule has 2 atom stereocenters. The Morgan fingerprint density at radius 1 is 0.652 bits per heavy atom. The number of carbonyl (C=O) groups is 5. The molecule has 0 spiro atoms. The molecule has 1 N–H and O–H groups in total. The minimum atomic E-state index is -0.999. The van der Waals surface area contributed by atoms with Crippen molar-refractivity contribution < 1.29 is 38.6 Å². The van der Waals surface area contributed by atoms with Gasteiger partial charge in [0, 0.05) is 31.3 Å². The number of hydrogen-bond acceptors (Lipinski definition) is 7. The highest BCUT2D eigenvalue weighted by atomic mass is 16.6. The first-order valence-corrected chi connectivity index (χ1v) is 16.0. The highest BCUT2D eigenvalue weighted by molar-refractivity contribution is 5.84. The molecule has 0 radical (unpaired) electrons. The van der Waals surface area contributed by atoms with Crippen molar-refractivity contribution in [2.45, 2.75) is 114 Å². The first kappa shape index (κ1) is 47.0. The zero-order valence-electron chi connectivity index (χ0n) is 30.8. The van der Waals surface area contributed by atoms with Crippen LogP contribution >= 0.6 is 0 Å². The maximum absolute atomic E-state index is 12.2. The summed E-state index contributed by atoms with van der Waals surface area (Å²) in [6.45, 7) is 33.6. The summed E-state index contributed by atoms with van der Waals surface area (Å²) >= 11 is 0. The second-order valence-electron chi connectivity index (χ2n) is 13.8. The molecule has 46 heavy (non-hydrogen) atoms. The second kappa shape index (κ2) is 23.8. The summed E-state index contributed by atoms with van der Waals surface area (Å²) in [6, 6.07) is 0. The lowest BCUT2D eigenvalue weighted by Crippen LogP contribution is -2.42. The van der Waals surface area contributed by atoms with Crippen molar-refractivity contribution in [3.63, 3.8) is 0 Å². The zero-order valence-corrected chi connectivity index (χ0v) is 30.8. The normalized spacial score (nSPS) is 12.2. The van der Waals surface area contributed by atoms with Crippen molar-refractivity contribution in [2.75, 3.05) is 26.2 Å². The van der Waals surface area contributed by atoms with Crippen LogP contribution in [0.5, 0.6) is 0 Å². The molecular weight excluding hydrogens is 588 g/mol. The maximum Gasteiger partial charge on any atom is 0.326 e. The molecule has 0 saturated heterocycles. The minimum absolute atomic E-state index is 0.0286. The van der Waals surface area contributed by atoms with Gasteiger partial charge in [0.15, 0.2) is 0 Å². The van der Waals surface area contributed by atoms with Gasteiger partial charge in [-0.05, 0) is 66.2 Å². The molecule has 0 bridgehead atoms. The van der Waals surface area contributed by atoms with E-state index >= 15 is 0 Å². The third-order valence-corrected chi connectivity index (χ3v) is 6.38. The summed E-state index contributed by atoms with van der Waals surface area (Å²) in [6.07, 6.45) is 7.16. The molecule has 0 aliphatic rings. The maximum atomic E-state index is 12.2. The van der Waals surface area contributed by atoms with Gasteiger partial charge in [0.05, 0.1) is 0 Å². The molecule has 2 amide bonds. The van der Waals surface area contributed by atoms with E-state index in [1.807, 2.05) is 68.4 Å². The monoisotopic (exact) mass is 652 g/mol. The third-order valence-electron chi connectivity index (χ3n) is 6.38. The molecule has 0 aliphatic heterocycles. The van der Waals surface area contributed by atoms with Gasteiger partial charge in [0.25, 0.3) is 0 Å². The van der Waals surface area contributed by atoms with E-state index in [2.05, 4.69) is 19.7 Å². The Hall–Kier alpha value is -3.43. The van der Waals surface area contributed by atoms with Gasteiger partial charge in [-0.2, -0.15) is 0 Å². The summed E-state index contributed by atoms with van der Waals surface area (Å²) < 4.78 is 10.3. The molecule has 0 saturated carbocycles. The Kier molecular flexibility index (Phi) is 24.4. The van der Waals surface area contributed by atoms with Crippen molar-refractivity contribution >= 4 is 29.7 Å². The number of esters is 2. The Morgan fingerprint density at radius 2 is 1.02 bits per heavy atom. The summed E-state index contributed by atoms with van der Waals surface area (Å²) in [5.41, 5.74) is -0.894. The molecule has 0 aliphatic carbocycles. The van der Waals surface area contributed by atoms with Crippen LogP contribution in [0.4, 0.5) is 0 Å². The second-order valence-corrected chi connectivity index (χ2v) is 13.8. The number of rotatable bonds is 16. The number of carboxylic acids is 1. The summed E-state index contributed by atoms with van der Waals surface area (Å²) in [5.74, 6) is -1.53. The fraction of sp³-hybridized carbons (Fsp3) is 0.694. The Morgan fingerprint density at radius 3 is 1.33 bits per heavy atom. The van der Waals surface area contributed by atoms with Crippen LogP contribution in [0.2, 0.25) is 0 Å². The third kappa shape index (κ3) is 25.9. The molecular formula is C36H64N2O8. The minimum Gasteiger partial charge on any atom is -0.480 e. The predicted octanol–water partition coefficient (Wildman–Crippen LogP) is 6.70. The molecule has 266 valence electrons. The average Bonchev–Trinajstić information content (AvgIpc) is 2.89. The standard InChI is InChI=1S/C15H27NO3.C11H19NO3.C10H18O2/c1-8-9-16(14(18)12(4)11(2)3)10-13(17)19-15(5,6)7;1-5-6-12(7-10(13)14)11(15)9(4)8(2)3;1-5-6-7-8-9(11)12-10(2,3)4/h8,11-12H,1,9-10H2,2-7H3;5,8-9H,1,6-7H2,2-4H3,(H,13,14);5H,1,6-8H2,2-4H3/t12-;9-;/m00./s1. The fourth-order valence-corrected chi connectivity index (χ4v) is 3.40. The van der Waals surface area contributed by atoms with Gasteiger partial charge in [-0.15, -0.1) is 19.7 Å². The van der Waals surface area contributed by atoms with E-state index in [0.717, 1.165) is 12.8 Å². The van der Waals surface area contributed by atoms with Crippen LogP contribution in [0.15, 0.2) is 38.0 Å². The lowest BCUT2D eigenvalue weighted by Gasteiger charge is -2.27. The number of unbranched alkanes of at least 4 members (excludes halogenated alkanes) is 1. The van der Waals surface area contributed by atoms with Crippen LogP contribution in [0.3, 0.4) is 0 Å². The highest BCUT2D eigenvalue weighted by Crippen LogP contribution is 2.15. The zero-order chi connectivity index (χ0) is 36.8. The molecule has 0 fully saturated rings. The van der Waals surface area contributed by atoms with Gasteiger partial charge in [0.2, 0.25) is 11.8 Å². The number of nitrogens with zero attached hydrogens (tertiary/aromatic N) is 2. The molecule has 0 heterocycles. The number of carboxylic acid groups (broad SMARTS) is 1. The topological polar surface area (TPSA) is 131 Å². The molecule has 0 aromatic rings. The number of allylic oxidation sites excluding steroid dienone is 1. The molecule has 0 aromatic heterocycles. The first-order chi connectivity index (χ1) is 20.9. The van der Waals surface area contributed by atoms with E-state index < -0.39 is 17.5 Å². The molecule has 0 aromatic carbocycles. The molecule has 10 heteroatoms. The van der Waals surface area contributed by atoms with Crippen molar-refractivity contribution in [1.29, 1.82) is 0 Å². The SMILES string of the molecule is C=CCCCC(=O)OC(C)(C)C.C=CCN(CC(=O)O)C(=O)[C@@H](C)C(C)C.C=CCN(CC(=O)OC(C)(C)C)C(=O)[C@@H](C)C(C)C.